The van der Waals surface area contributed by atoms with E-state index in [1.807, 2.05) is 43.3 Å². The van der Waals surface area contributed by atoms with Crippen molar-refractivity contribution >= 4 is 11.9 Å². The van der Waals surface area contributed by atoms with Gasteiger partial charge in [-0.3, -0.25) is 14.6 Å². The fraction of sp³-hybridized carbons (Fsp3) is 0.481. The number of fused-ring (bicyclic) bond motifs is 1. The van der Waals surface area contributed by atoms with E-state index < -0.39 is 11.6 Å². The summed E-state index contributed by atoms with van der Waals surface area (Å²) in [5.41, 5.74) is -0.0640. The molecule has 192 valence electrons. The van der Waals surface area contributed by atoms with Gasteiger partial charge in [0.25, 0.3) is 5.91 Å². The number of likely N-dealkylation sites (tertiary alicyclic amines) is 1. The maximum atomic E-state index is 13.7. The summed E-state index contributed by atoms with van der Waals surface area (Å²) in [7, 11) is 1.57. The Hall–Kier alpha value is -3.46. The Morgan fingerprint density at radius 2 is 1.89 bits per heavy atom. The van der Waals surface area contributed by atoms with Gasteiger partial charge in [0.15, 0.2) is 17.6 Å². The second-order valence-corrected chi connectivity index (χ2v) is 9.71. The highest BCUT2D eigenvalue weighted by atomic mass is 16.6. The van der Waals surface area contributed by atoms with Crippen molar-refractivity contribution in [2.75, 3.05) is 33.4 Å². The molecule has 2 aromatic rings. The zero-order chi connectivity index (χ0) is 25.3. The number of para-hydroxylation sites is 2. The molecule has 2 N–H and O–H groups in total. The predicted octanol–water partition coefficient (Wildman–Crippen LogP) is 3.15. The Morgan fingerprint density at radius 1 is 1.14 bits per heavy atom. The van der Waals surface area contributed by atoms with E-state index >= 15 is 0 Å². The van der Waals surface area contributed by atoms with E-state index in [0.717, 1.165) is 31.5 Å². The zero-order valence-electron chi connectivity index (χ0n) is 20.7. The minimum Gasteiger partial charge on any atom is -0.507 e. The molecule has 3 aliphatic rings. The second-order valence-electron chi connectivity index (χ2n) is 9.71. The zero-order valence-corrected chi connectivity index (χ0v) is 20.7. The van der Waals surface area contributed by atoms with Gasteiger partial charge in [-0.1, -0.05) is 25.1 Å². The number of carbonyl (C=O) groups is 2. The maximum absolute atomic E-state index is 13.7. The Bertz CT molecular complexity index is 1130. The van der Waals surface area contributed by atoms with Gasteiger partial charge in [0.2, 0.25) is 0 Å². The number of hydrogen-bond acceptors (Lipinski definition) is 7. The maximum Gasteiger partial charge on any atom is 0.325 e. The second kappa shape index (κ2) is 9.89. The Labute approximate surface area is 210 Å². The van der Waals surface area contributed by atoms with Gasteiger partial charge in [0, 0.05) is 18.2 Å². The van der Waals surface area contributed by atoms with Crippen molar-refractivity contribution < 1.29 is 28.9 Å². The number of imide groups is 1. The smallest absolute Gasteiger partial charge is 0.325 e. The van der Waals surface area contributed by atoms with Crippen LogP contribution in [0.3, 0.4) is 0 Å². The van der Waals surface area contributed by atoms with E-state index in [1.165, 1.54) is 4.90 Å². The van der Waals surface area contributed by atoms with Crippen molar-refractivity contribution in [1.82, 2.24) is 15.1 Å². The molecule has 2 fully saturated rings. The number of phenols is 1. The number of amides is 3. The minimum atomic E-state index is -0.904. The third kappa shape index (κ3) is 4.43. The lowest BCUT2D eigenvalue weighted by molar-refractivity contribution is -0.135. The lowest BCUT2D eigenvalue weighted by Crippen LogP contribution is -2.56. The molecular weight excluding hydrogens is 462 g/mol. The van der Waals surface area contributed by atoms with Crippen molar-refractivity contribution in [2.45, 2.75) is 44.4 Å². The van der Waals surface area contributed by atoms with Gasteiger partial charge in [0.1, 0.15) is 23.6 Å². The summed E-state index contributed by atoms with van der Waals surface area (Å²) in [6, 6.07) is 12.4. The molecule has 3 aliphatic heterocycles. The number of phenolic OH excluding ortho intramolecular Hbond substituents is 1. The molecule has 0 unspecified atom stereocenters. The van der Waals surface area contributed by atoms with Gasteiger partial charge in [0.05, 0.1) is 13.7 Å². The molecule has 0 radical (unpaired) electrons. The van der Waals surface area contributed by atoms with E-state index in [1.54, 1.807) is 13.2 Å². The quantitative estimate of drug-likeness (QED) is 0.569. The lowest BCUT2D eigenvalue weighted by Gasteiger charge is -2.40. The molecule has 0 spiro atoms. The van der Waals surface area contributed by atoms with Crippen LogP contribution in [0.2, 0.25) is 0 Å². The fourth-order valence-corrected chi connectivity index (χ4v) is 5.60. The molecule has 2 atom stereocenters. The van der Waals surface area contributed by atoms with Crippen LogP contribution in [-0.4, -0.2) is 71.8 Å². The summed E-state index contributed by atoms with van der Waals surface area (Å²) in [5.74, 6) is 1.99. The van der Waals surface area contributed by atoms with E-state index in [4.69, 9.17) is 14.2 Å². The number of urea groups is 1. The van der Waals surface area contributed by atoms with Crippen LogP contribution in [0.25, 0.3) is 0 Å². The number of hydrogen-bond donors (Lipinski definition) is 2. The third-order valence-corrected chi connectivity index (χ3v) is 7.68. The molecule has 0 aliphatic carbocycles. The largest absolute Gasteiger partial charge is 0.507 e. The SMILES string of the molecule is CC[C@]1(C2CCN(Cc3ccc(OC)cc3O)CC2)NC(=O)N(C[C@H]2COc3ccccc3O2)C1=O. The summed E-state index contributed by atoms with van der Waals surface area (Å²) in [6.07, 6.45) is 1.67. The first kappa shape index (κ1) is 24.2. The number of carbonyl (C=O) groups excluding carboxylic acids is 2. The summed E-state index contributed by atoms with van der Waals surface area (Å²) in [4.78, 5) is 30.2. The molecule has 2 aromatic carbocycles. The van der Waals surface area contributed by atoms with Crippen molar-refractivity contribution in [3.63, 3.8) is 0 Å². The van der Waals surface area contributed by atoms with Crippen LogP contribution in [0.1, 0.15) is 31.7 Å². The molecule has 0 bridgehead atoms. The topological polar surface area (TPSA) is 101 Å². The minimum absolute atomic E-state index is 0.0360. The fourth-order valence-electron chi connectivity index (χ4n) is 5.60. The van der Waals surface area contributed by atoms with Crippen molar-refractivity contribution in [3.8, 4) is 23.0 Å². The van der Waals surface area contributed by atoms with Gasteiger partial charge >= 0.3 is 6.03 Å². The van der Waals surface area contributed by atoms with Crippen molar-refractivity contribution in [1.29, 1.82) is 0 Å². The first-order chi connectivity index (χ1) is 17.4. The molecule has 9 heteroatoms. The molecule has 9 nitrogen and oxygen atoms in total. The predicted molar refractivity (Wildman–Crippen MR) is 132 cm³/mol. The molecular formula is C27H33N3O6. The van der Waals surface area contributed by atoms with E-state index in [-0.39, 0.29) is 36.8 Å². The van der Waals surface area contributed by atoms with Crippen LogP contribution in [0, 0.1) is 5.92 Å². The van der Waals surface area contributed by atoms with Gasteiger partial charge in [-0.15, -0.1) is 0 Å². The highest BCUT2D eigenvalue weighted by molar-refractivity contribution is 6.07. The van der Waals surface area contributed by atoms with Gasteiger partial charge in [-0.05, 0) is 56.5 Å². The first-order valence-electron chi connectivity index (χ1n) is 12.5. The summed E-state index contributed by atoms with van der Waals surface area (Å²) in [5, 5.41) is 13.4. The van der Waals surface area contributed by atoms with Gasteiger partial charge in [-0.25, -0.2) is 4.79 Å². The van der Waals surface area contributed by atoms with Crippen LogP contribution >= 0.6 is 0 Å². The molecule has 0 saturated carbocycles. The van der Waals surface area contributed by atoms with E-state index in [2.05, 4.69) is 10.2 Å². The lowest BCUT2D eigenvalue weighted by atomic mass is 9.75. The summed E-state index contributed by atoms with van der Waals surface area (Å²) in [6.45, 7) is 4.56. The number of rotatable bonds is 7. The molecule has 0 aromatic heterocycles. The number of ether oxygens (including phenoxy) is 3. The van der Waals surface area contributed by atoms with Gasteiger partial charge < -0.3 is 24.6 Å². The molecule has 2 saturated heterocycles. The van der Waals surface area contributed by atoms with Crippen LogP contribution in [0.5, 0.6) is 23.0 Å². The summed E-state index contributed by atoms with van der Waals surface area (Å²) < 4.78 is 16.9. The number of nitrogens with one attached hydrogen (secondary N) is 1. The molecule has 5 rings (SSSR count). The number of nitrogens with zero attached hydrogens (tertiary/aromatic N) is 2. The number of piperidine rings is 1. The monoisotopic (exact) mass is 495 g/mol. The molecule has 3 amide bonds. The van der Waals surface area contributed by atoms with Crippen LogP contribution in [0.4, 0.5) is 4.79 Å². The normalized spacial score (nSPS) is 24.6. The Morgan fingerprint density at radius 3 is 2.58 bits per heavy atom. The Balaban J connectivity index is 1.21. The Kier molecular flexibility index (Phi) is 6.66. The van der Waals surface area contributed by atoms with Crippen molar-refractivity contribution in [3.05, 3.63) is 48.0 Å². The van der Waals surface area contributed by atoms with E-state index in [9.17, 15) is 14.7 Å². The highest BCUT2D eigenvalue weighted by Gasteiger charge is 2.55. The molecule has 3 heterocycles. The van der Waals surface area contributed by atoms with Crippen molar-refractivity contribution in [2.24, 2.45) is 5.92 Å². The van der Waals surface area contributed by atoms with Crippen LogP contribution < -0.4 is 19.5 Å². The highest BCUT2D eigenvalue weighted by Crippen LogP contribution is 2.38. The standard InChI is InChI=1S/C27H33N3O6/c1-3-27(19-10-12-29(13-11-19)15-18-8-9-20(34-2)14-22(18)31)25(32)30(26(33)28-27)16-21-17-35-23-6-4-5-7-24(23)36-21/h4-9,14,19,21,31H,3,10-13,15-17H2,1-2H3,(H,28,33)/t21-,27+/m0/s1. The number of benzene rings is 2. The van der Waals surface area contributed by atoms with E-state index in [0.29, 0.717) is 30.2 Å². The summed E-state index contributed by atoms with van der Waals surface area (Å²) >= 11 is 0. The first-order valence-corrected chi connectivity index (χ1v) is 12.5. The molecule has 36 heavy (non-hydrogen) atoms. The van der Waals surface area contributed by atoms with Crippen LogP contribution in [0.15, 0.2) is 42.5 Å². The van der Waals surface area contributed by atoms with Crippen LogP contribution in [-0.2, 0) is 11.3 Å². The third-order valence-electron chi connectivity index (χ3n) is 7.68. The number of aromatic hydroxyl groups is 1. The number of methoxy groups -OCH3 is 1. The van der Waals surface area contributed by atoms with Gasteiger partial charge in [-0.2, -0.15) is 0 Å². The average Bonchev–Trinajstić information content (AvgIpc) is 3.15. The average molecular weight is 496 g/mol.